The number of methoxy groups -OCH3 is 2. The minimum Gasteiger partial charge on any atom is -0.495 e. The number of nitrogens with zero attached hydrogens (tertiary/aromatic N) is 3. The normalized spacial score (nSPS) is 10.7. The largest absolute Gasteiger partial charge is 0.495 e. The van der Waals surface area contributed by atoms with Crippen molar-refractivity contribution >= 4 is 23.4 Å². The topological polar surface area (TPSA) is 87.5 Å². The van der Waals surface area contributed by atoms with Crippen LogP contribution in [-0.2, 0) is 22.7 Å². The molecule has 186 valence electrons. The SMILES string of the molecule is COCCn1c(COc2ccccc2-c2ccccc2)nnc1SCC(=O)Nc1ccccc1OC. The van der Waals surface area contributed by atoms with Gasteiger partial charge in [-0.25, -0.2) is 0 Å². The summed E-state index contributed by atoms with van der Waals surface area (Å²) in [5, 5.41) is 12.1. The van der Waals surface area contributed by atoms with Gasteiger partial charge in [-0.05, 0) is 23.8 Å². The van der Waals surface area contributed by atoms with Crippen LogP contribution in [0, 0.1) is 0 Å². The van der Waals surface area contributed by atoms with Crippen LogP contribution >= 0.6 is 11.8 Å². The highest BCUT2D eigenvalue weighted by atomic mass is 32.2. The number of carbonyl (C=O) groups is 1. The van der Waals surface area contributed by atoms with E-state index in [2.05, 4.69) is 15.5 Å². The smallest absolute Gasteiger partial charge is 0.234 e. The molecular formula is C27H28N4O4S. The molecule has 3 aromatic carbocycles. The van der Waals surface area contributed by atoms with E-state index in [1.807, 2.05) is 71.3 Å². The first kappa shape index (κ1) is 25.3. The monoisotopic (exact) mass is 504 g/mol. The Morgan fingerprint density at radius 2 is 1.64 bits per heavy atom. The number of rotatable bonds is 12. The standard InChI is InChI=1S/C27H28N4O4S/c1-33-17-16-31-25(18-35-23-14-8-6-12-21(23)20-10-4-3-5-11-20)29-30-27(31)36-19-26(32)28-22-13-7-9-15-24(22)34-2/h3-15H,16-19H2,1-2H3,(H,28,32). The molecule has 1 N–H and O–H groups in total. The molecule has 8 nitrogen and oxygen atoms in total. The van der Waals surface area contributed by atoms with E-state index in [-0.39, 0.29) is 18.3 Å². The van der Waals surface area contributed by atoms with E-state index < -0.39 is 0 Å². The molecule has 9 heteroatoms. The summed E-state index contributed by atoms with van der Waals surface area (Å²) >= 11 is 1.31. The van der Waals surface area contributed by atoms with Gasteiger partial charge in [0.2, 0.25) is 5.91 Å². The number of amides is 1. The lowest BCUT2D eigenvalue weighted by molar-refractivity contribution is -0.113. The summed E-state index contributed by atoms with van der Waals surface area (Å²) in [5.41, 5.74) is 2.70. The summed E-state index contributed by atoms with van der Waals surface area (Å²) in [7, 11) is 3.21. The van der Waals surface area contributed by atoms with Gasteiger partial charge in [0.15, 0.2) is 11.0 Å². The van der Waals surface area contributed by atoms with Gasteiger partial charge in [0.05, 0.1) is 25.2 Å². The van der Waals surface area contributed by atoms with Crippen molar-refractivity contribution < 1.29 is 19.0 Å². The number of aromatic nitrogens is 3. The molecule has 0 saturated heterocycles. The van der Waals surface area contributed by atoms with Crippen molar-refractivity contribution in [2.45, 2.75) is 18.3 Å². The zero-order chi connectivity index (χ0) is 25.2. The number of anilines is 1. The zero-order valence-corrected chi connectivity index (χ0v) is 21.0. The van der Waals surface area contributed by atoms with Crippen LogP contribution in [0.25, 0.3) is 11.1 Å². The van der Waals surface area contributed by atoms with Crippen LogP contribution < -0.4 is 14.8 Å². The summed E-state index contributed by atoms with van der Waals surface area (Å²) in [5.74, 6) is 2.02. The number of thioether (sulfide) groups is 1. The Hall–Kier alpha value is -3.82. The minimum absolute atomic E-state index is 0.166. The summed E-state index contributed by atoms with van der Waals surface area (Å²) < 4.78 is 18.7. The van der Waals surface area contributed by atoms with Crippen LogP contribution in [-0.4, -0.2) is 47.3 Å². The summed E-state index contributed by atoms with van der Waals surface area (Å²) in [4.78, 5) is 12.6. The molecule has 4 rings (SSSR count). The molecule has 0 saturated carbocycles. The molecule has 1 aromatic heterocycles. The number of carbonyl (C=O) groups excluding carboxylic acids is 1. The van der Waals surface area contributed by atoms with Gasteiger partial charge in [0, 0.05) is 19.2 Å². The van der Waals surface area contributed by atoms with Crippen LogP contribution in [0.5, 0.6) is 11.5 Å². The van der Waals surface area contributed by atoms with Gasteiger partial charge < -0.3 is 24.1 Å². The van der Waals surface area contributed by atoms with Crippen LogP contribution in [0.3, 0.4) is 0 Å². The average Bonchev–Trinajstić information content (AvgIpc) is 3.31. The molecule has 0 bridgehead atoms. The summed E-state index contributed by atoms with van der Waals surface area (Å²) in [6, 6.07) is 25.3. The van der Waals surface area contributed by atoms with E-state index in [0.29, 0.717) is 35.6 Å². The second-order valence-corrected chi connectivity index (χ2v) is 8.67. The highest BCUT2D eigenvalue weighted by Gasteiger charge is 2.16. The van der Waals surface area contributed by atoms with E-state index in [0.717, 1.165) is 16.9 Å². The quantitative estimate of drug-likeness (QED) is 0.274. The molecule has 4 aromatic rings. The predicted octanol–water partition coefficient (Wildman–Crippen LogP) is 4.91. The molecule has 0 aliphatic rings. The van der Waals surface area contributed by atoms with Gasteiger partial charge in [-0.3, -0.25) is 4.79 Å². The Morgan fingerprint density at radius 1 is 0.917 bits per heavy atom. The van der Waals surface area contributed by atoms with Gasteiger partial charge >= 0.3 is 0 Å². The lowest BCUT2D eigenvalue weighted by atomic mass is 10.1. The fourth-order valence-electron chi connectivity index (χ4n) is 3.60. The molecule has 1 amide bonds. The highest BCUT2D eigenvalue weighted by Crippen LogP contribution is 2.30. The number of para-hydroxylation sites is 3. The van der Waals surface area contributed by atoms with Crippen molar-refractivity contribution in [3.8, 4) is 22.6 Å². The van der Waals surface area contributed by atoms with Crippen molar-refractivity contribution in [1.29, 1.82) is 0 Å². The Kier molecular flexibility index (Phi) is 8.96. The van der Waals surface area contributed by atoms with E-state index in [9.17, 15) is 4.79 Å². The Balaban J connectivity index is 1.44. The van der Waals surface area contributed by atoms with Gasteiger partial charge in [-0.2, -0.15) is 0 Å². The van der Waals surface area contributed by atoms with Gasteiger partial charge in [-0.1, -0.05) is 72.4 Å². The van der Waals surface area contributed by atoms with Crippen molar-refractivity contribution in [3.63, 3.8) is 0 Å². The lowest BCUT2D eigenvalue weighted by Crippen LogP contribution is -2.16. The van der Waals surface area contributed by atoms with Crippen molar-refractivity contribution in [2.24, 2.45) is 0 Å². The number of hydrogen-bond acceptors (Lipinski definition) is 7. The maximum absolute atomic E-state index is 12.6. The molecular weight excluding hydrogens is 476 g/mol. The van der Waals surface area contributed by atoms with E-state index in [1.165, 1.54) is 11.8 Å². The first-order valence-corrected chi connectivity index (χ1v) is 12.4. The second kappa shape index (κ2) is 12.8. The average molecular weight is 505 g/mol. The first-order chi connectivity index (χ1) is 17.7. The molecule has 1 heterocycles. The van der Waals surface area contributed by atoms with Gasteiger partial charge in [0.25, 0.3) is 0 Å². The van der Waals surface area contributed by atoms with E-state index in [1.54, 1.807) is 26.4 Å². The van der Waals surface area contributed by atoms with Crippen molar-refractivity contribution in [3.05, 3.63) is 84.7 Å². The van der Waals surface area contributed by atoms with Crippen molar-refractivity contribution in [2.75, 3.05) is 31.9 Å². The van der Waals surface area contributed by atoms with Gasteiger partial charge in [-0.15, -0.1) is 10.2 Å². The van der Waals surface area contributed by atoms with Crippen molar-refractivity contribution in [1.82, 2.24) is 14.8 Å². The van der Waals surface area contributed by atoms with Crippen LogP contribution in [0.1, 0.15) is 5.82 Å². The molecule has 36 heavy (non-hydrogen) atoms. The van der Waals surface area contributed by atoms with Crippen LogP contribution in [0.4, 0.5) is 5.69 Å². The third kappa shape index (κ3) is 6.44. The predicted molar refractivity (Wildman–Crippen MR) is 140 cm³/mol. The lowest BCUT2D eigenvalue weighted by Gasteiger charge is -2.13. The molecule has 0 radical (unpaired) electrons. The molecule has 0 spiro atoms. The number of nitrogens with one attached hydrogen (secondary N) is 1. The maximum atomic E-state index is 12.6. The first-order valence-electron chi connectivity index (χ1n) is 11.4. The minimum atomic E-state index is -0.166. The summed E-state index contributed by atoms with van der Waals surface area (Å²) in [6.45, 7) is 1.25. The highest BCUT2D eigenvalue weighted by molar-refractivity contribution is 7.99. The Morgan fingerprint density at radius 3 is 2.42 bits per heavy atom. The second-order valence-electron chi connectivity index (χ2n) is 7.73. The fourth-order valence-corrected chi connectivity index (χ4v) is 4.38. The van der Waals surface area contributed by atoms with E-state index >= 15 is 0 Å². The Labute approximate surface area is 214 Å². The third-order valence-corrected chi connectivity index (χ3v) is 6.32. The van der Waals surface area contributed by atoms with Crippen LogP contribution in [0.2, 0.25) is 0 Å². The molecule has 0 atom stereocenters. The number of ether oxygens (including phenoxy) is 3. The molecule has 0 fully saturated rings. The Bertz CT molecular complexity index is 1280. The van der Waals surface area contributed by atoms with E-state index in [4.69, 9.17) is 14.2 Å². The fraction of sp³-hybridized carbons (Fsp3) is 0.222. The van der Waals surface area contributed by atoms with Crippen LogP contribution in [0.15, 0.2) is 84.0 Å². The molecule has 0 aliphatic carbocycles. The third-order valence-electron chi connectivity index (χ3n) is 5.35. The zero-order valence-electron chi connectivity index (χ0n) is 20.2. The molecule has 0 unspecified atom stereocenters. The maximum Gasteiger partial charge on any atom is 0.234 e. The number of benzene rings is 3. The number of hydrogen-bond donors (Lipinski definition) is 1. The molecule has 0 aliphatic heterocycles. The summed E-state index contributed by atoms with van der Waals surface area (Å²) in [6.07, 6.45) is 0. The van der Waals surface area contributed by atoms with Gasteiger partial charge in [0.1, 0.15) is 18.1 Å².